The summed E-state index contributed by atoms with van der Waals surface area (Å²) in [6.45, 7) is 0. The molecule has 0 spiro atoms. The topological polar surface area (TPSA) is 77.3 Å². The van der Waals surface area contributed by atoms with E-state index in [1.165, 1.54) is 4.90 Å². The first-order valence-corrected chi connectivity index (χ1v) is 9.03. The highest BCUT2D eigenvalue weighted by Crippen LogP contribution is 2.36. The number of imidazole rings is 1. The quantitative estimate of drug-likeness (QED) is 0.506. The van der Waals surface area contributed by atoms with Gasteiger partial charge in [-0.05, 0) is 24.3 Å². The Morgan fingerprint density at radius 2 is 1.69 bits per heavy atom. The van der Waals surface area contributed by atoms with Crippen LogP contribution in [0.4, 0.5) is 5.69 Å². The summed E-state index contributed by atoms with van der Waals surface area (Å²) >= 11 is 0. The van der Waals surface area contributed by atoms with Crippen LogP contribution in [0.25, 0.3) is 22.4 Å². The van der Waals surface area contributed by atoms with E-state index in [1.54, 1.807) is 43.6 Å². The van der Waals surface area contributed by atoms with Crippen molar-refractivity contribution in [3.05, 3.63) is 72.1 Å². The lowest BCUT2D eigenvalue weighted by Crippen LogP contribution is -2.29. The van der Waals surface area contributed by atoms with E-state index in [-0.39, 0.29) is 11.8 Å². The van der Waals surface area contributed by atoms with E-state index in [9.17, 15) is 9.59 Å². The van der Waals surface area contributed by atoms with Crippen LogP contribution in [0.1, 0.15) is 20.7 Å². The molecule has 0 atom stereocenters. The number of aromatic nitrogens is 3. The van der Waals surface area contributed by atoms with Crippen molar-refractivity contribution < 1.29 is 14.3 Å². The Morgan fingerprint density at radius 1 is 0.966 bits per heavy atom. The molecule has 0 saturated carbocycles. The van der Waals surface area contributed by atoms with E-state index < -0.39 is 0 Å². The molecule has 0 fully saturated rings. The average Bonchev–Trinajstić information content (AvgIpc) is 3.28. The molecule has 1 aliphatic rings. The predicted molar refractivity (Wildman–Crippen MR) is 108 cm³/mol. The Morgan fingerprint density at radius 3 is 2.31 bits per heavy atom. The van der Waals surface area contributed by atoms with Crippen molar-refractivity contribution >= 4 is 28.4 Å². The van der Waals surface area contributed by atoms with Gasteiger partial charge in [0.2, 0.25) is 0 Å². The Kier molecular flexibility index (Phi) is 3.70. The first-order valence-electron chi connectivity index (χ1n) is 9.03. The van der Waals surface area contributed by atoms with Crippen molar-refractivity contribution in [2.45, 2.75) is 0 Å². The number of carbonyl (C=O) groups is 2. The zero-order valence-corrected chi connectivity index (χ0v) is 15.8. The molecule has 0 saturated heterocycles. The Balaban J connectivity index is 1.75. The Labute approximate surface area is 166 Å². The predicted octanol–water partition coefficient (Wildman–Crippen LogP) is 3.44. The van der Waals surface area contributed by atoms with Crippen molar-refractivity contribution in [2.75, 3.05) is 12.0 Å². The summed E-state index contributed by atoms with van der Waals surface area (Å²) in [6, 6.07) is 14.0. The minimum absolute atomic E-state index is 0.371. The number of amides is 2. The van der Waals surface area contributed by atoms with Crippen molar-refractivity contribution in [2.24, 2.45) is 7.05 Å². The molecule has 0 unspecified atom stereocenters. The molecule has 3 heterocycles. The number of hydrogen-bond acceptors (Lipinski definition) is 5. The van der Waals surface area contributed by atoms with E-state index in [0.29, 0.717) is 39.6 Å². The van der Waals surface area contributed by atoms with Gasteiger partial charge in [0.25, 0.3) is 11.8 Å². The van der Waals surface area contributed by atoms with E-state index >= 15 is 0 Å². The molecule has 0 radical (unpaired) electrons. The fourth-order valence-electron chi connectivity index (χ4n) is 3.62. The van der Waals surface area contributed by atoms with Gasteiger partial charge in [-0.2, -0.15) is 0 Å². The Bertz CT molecular complexity index is 1270. The molecule has 5 rings (SSSR count). The van der Waals surface area contributed by atoms with E-state index in [4.69, 9.17) is 9.72 Å². The minimum atomic E-state index is -0.371. The number of ether oxygens (including phenoxy) is 1. The minimum Gasteiger partial charge on any atom is -0.497 e. The first-order chi connectivity index (χ1) is 14.1. The van der Waals surface area contributed by atoms with Gasteiger partial charge in [-0.15, -0.1) is 0 Å². The van der Waals surface area contributed by atoms with Crippen molar-refractivity contribution in [1.29, 1.82) is 0 Å². The largest absolute Gasteiger partial charge is 0.497 e. The normalized spacial score (nSPS) is 13.2. The molecule has 2 aromatic heterocycles. The molecule has 0 N–H and O–H groups in total. The number of anilines is 1. The van der Waals surface area contributed by atoms with Crippen LogP contribution in [0.3, 0.4) is 0 Å². The number of fused-ring (bicyclic) bond motifs is 2. The van der Waals surface area contributed by atoms with E-state index in [0.717, 1.165) is 5.39 Å². The Hall–Kier alpha value is -4.00. The second kappa shape index (κ2) is 6.27. The van der Waals surface area contributed by atoms with Crippen LogP contribution in [0.15, 0.2) is 60.9 Å². The summed E-state index contributed by atoms with van der Waals surface area (Å²) in [7, 11) is 3.43. The number of rotatable bonds is 3. The smallest absolute Gasteiger partial charge is 0.266 e. The summed E-state index contributed by atoms with van der Waals surface area (Å²) in [5.74, 6) is 0.486. The molecular formula is C22H16N4O3. The van der Waals surface area contributed by atoms with Crippen LogP contribution < -0.4 is 9.64 Å². The maximum Gasteiger partial charge on any atom is 0.266 e. The maximum atomic E-state index is 13.0. The SMILES string of the molecule is COc1cc(N2C(=O)c3ccccc3C2=O)c2nc(-c3nccn3C)ccc2c1. The van der Waals surface area contributed by atoms with Crippen LogP contribution in [-0.2, 0) is 7.05 Å². The highest BCUT2D eigenvalue weighted by molar-refractivity contribution is 6.35. The van der Waals surface area contributed by atoms with E-state index in [2.05, 4.69) is 4.98 Å². The molecule has 142 valence electrons. The number of benzene rings is 2. The number of aryl methyl sites for hydroxylation is 1. The second-order valence-electron chi connectivity index (χ2n) is 6.77. The van der Waals surface area contributed by atoms with Crippen molar-refractivity contribution in [3.8, 4) is 17.3 Å². The summed E-state index contributed by atoms with van der Waals surface area (Å²) in [6.07, 6.45) is 3.53. The van der Waals surface area contributed by atoms with Crippen LogP contribution in [0, 0.1) is 0 Å². The van der Waals surface area contributed by atoms with Crippen molar-refractivity contribution in [3.63, 3.8) is 0 Å². The lowest BCUT2D eigenvalue weighted by Gasteiger charge is -2.18. The van der Waals surface area contributed by atoms with Gasteiger partial charge in [0, 0.05) is 30.9 Å². The summed E-state index contributed by atoms with van der Waals surface area (Å²) < 4.78 is 7.26. The van der Waals surface area contributed by atoms with Gasteiger partial charge in [-0.1, -0.05) is 18.2 Å². The van der Waals surface area contributed by atoms with Gasteiger partial charge in [-0.3, -0.25) is 9.59 Å². The molecule has 7 heteroatoms. The number of pyridine rings is 1. The summed E-state index contributed by atoms with van der Waals surface area (Å²) in [5.41, 5.74) is 2.33. The molecule has 0 aliphatic carbocycles. The highest BCUT2D eigenvalue weighted by Gasteiger charge is 2.37. The molecule has 4 aromatic rings. The lowest BCUT2D eigenvalue weighted by atomic mass is 10.1. The number of hydrogen-bond donors (Lipinski definition) is 0. The summed E-state index contributed by atoms with van der Waals surface area (Å²) in [4.78, 5) is 36.3. The fourth-order valence-corrected chi connectivity index (χ4v) is 3.62. The fraction of sp³-hybridized carbons (Fsp3) is 0.0909. The van der Waals surface area contributed by atoms with Gasteiger partial charge in [-0.25, -0.2) is 14.9 Å². The van der Waals surface area contributed by atoms with Gasteiger partial charge in [0.05, 0.1) is 29.4 Å². The molecule has 2 amide bonds. The van der Waals surface area contributed by atoms with Crippen molar-refractivity contribution in [1.82, 2.24) is 14.5 Å². The van der Waals surface area contributed by atoms with Crippen LogP contribution >= 0.6 is 0 Å². The number of carbonyl (C=O) groups excluding carboxylic acids is 2. The number of methoxy groups -OCH3 is 1. The van der Waals surface area contributed by atoms with Gasteiger partial charge >= 0.3 is 0 Å². The second-order valence-corrected chi connectivity index (χ2v) is 6.77. The molecule has 7 nitrogen and oxygen atoms in total. The number of nitrogens with zero attached hydrogens (tertiary/aromatic N) is 4. The zero-order chi connectivity index (χ0) is 20.1. The third kappa shape index (κ3) is 2.51. The third-order valence-corrected chi connectivity index (χ3v) is 5.07. The van der Waals surface area contributed by atoms with Gasteiger partial charge in [0.1, 0.15) is 11.4 Å². The molecule has 2 aromatic carbocycles. The molecule has 29 heavy (non-hydrogen) atoms. The van der Waals surface area contributed by atoms with Crippen LogP contribution in [0.2, 0.25) is 0 Å². The maximum absolute atomic E-state index is 13.0. The average molecular weight is 384 g/mol. The molecule has 1 aliphatic heterocycles. The molecule has 0 bridgehead atoms. The van der Waals surface area contributed by atoms with Crippen LogP contribution in [-0.4, -0.2) is 33.5 Å². The lowest BCUT2D eigenvalue weighted by molar-refractivity contribution is 0.0926. The standard InChI is InChI=1S/C22H16N4O3/c1-25-10-9-23-20(25)17-8-7-13-11-14(29-2)12-18(19(13)24-17)26-21(27)15-5-3-4-6-16(15)22(26)28/h3-12H,1-2H3. The monoisotopic (exact) mass is 384 g/mol. The first kappa shape index (κ1) is 17.1. The zero-order valence-electron chi connectivity index (χ0n) is 15.8. The number of imide groups is 1. The van der Waals surface area contributed by atoms with Gasteiger partial charge in [0.15, 0.2) is 5.82 Å². The van der Waals surface area contributed by atoms with E-state index in [1.807, 2.05) is 36.0 Å². The molecular weight excluding hydrogens is 368 g/mol. The van der Waals surface area contributed by atoms with Gasteiger partial charge < -0.3 is 9.30 Å². The highest BCUT2D eigenvalue weighted by atomic mass is 16.5. The summed E-state index contributed by atoms with van der Waals surface area (Å²) in [5, 5.41) is 0.758. The van der Waals surface area contributed by atoms with Crippen LogP contribution in [0.5, 0.6) is 5.75 Å². The third-order valence-electron chi connectivity index (χ3n) is 5.07.